The van der Waals surface area contributed by atoms with Gasteiger partial charge in [0.1, 0.15) is 5.76 Å². The maximum Gasteiger partial charge on any atom is 0.287 e. The van der Waals surface area contributed by atoms with E-state index < -0.39 is 0 Å². The second-order valence-corrected chi connectivity index (χ2v) is 5.39. The molecular weight excluding hydrogens is 306 g/mol. The van der Waals surface area contributed by atoms with E-state index in [1.54, 1.807) is 30.5 Å². The van der Waals surface area contributed by atoms with Crippen molar-refractivity contribution in [2.24, 2.45) is 0 Å². The highest BCUT2D eigenvalue weighted by Crippen LogP contribution is 2.09. The second kappa shape index (κ2) is 6.95. The zero-order valence-electron chi connectivity index (χ0n) is 13.2. The summed E-state index contributed by atoms with van der Waals surface area (Å²) in [6.07, 6.45) is 1.67. The van der Waals surface area contributed by atoms with Crippen molar-refractivity contribution in [2.75, 3.05) is 0 Å². The summed E-state index contributed by atoms with van der Waals surface area (Å²) in [7, 11) is 0. The molecule has 0 aliphatic carbocycles. The Bertz CT molecular complexity index is 911. The first-order valence-corrected chi connectivity index (χ1v) is 7.57. The van der Waals surface area contributed by atoms with Crippen molar-refractivity contribution >= 4 is 5.91 Å². The average Bonchev–Trinajstić information content (AvgIpc) is 3.04. The van der Waals surface area contributed by atoms with E-state index in [-0.39, 0.29) is 23.8 Å². The van der Waals surface area contributed by atoms with Gasteiger partial charge in [-0.05, 0) is 37.3 Å². The summed E-state index contributed by atoms with van der Waals surface area (Å²) in [6.45, 7) is 2.51. The smallest absolute Gasteiger partial charge is 0.287 e. The van der Waals surface area contributed by atoms with E-state index >= 15 is 0 Å². The third-order valence-electron chi connectivity index (χ3n) is 3.49. The number of hydrogen-bond donors (Lipinski definition) is 1. The van der Waals surface area contributed by atoms with Crippen LogP contribution >= 0.6 is 0 Å². The molecular formula is C18H17N3O3. The SMILES string of the molecule is Cc1cccc(CNC(=O)c2ccc(Cn3ccccc3=O)o2)n1. The third-order valence-corrected chi connectivity index (χ3v) is 3.49. The number of rotatable bonds is 5. The quantitative estimate of drug-likeness (QED) is 0.780. The molecule has 0 bridgehead atoms. The maximum atomic E-state index is 12.1. The van der Waals surface area contributed by atoms with Crippen molar-refractivity contribution in [1.29, 1.82) is 0 Å². The molecule has 0 saturated carbocycles. The van der Waals surface area contributed by atoms with Gasteiger partial charge in [0, 0.05) is 18.0 Å². The Morgan fingerprint density at radius 1 is 1.17 bits per heavy atom. The van der Waals surface area contributed by atoms with Crippen LogP contribution in [0.3, 0.4) is 0 Å². The van der Waals surface area contributed by atoms with Crippen LogP contribution in [0.1, 0.15) is 27.7 Å². The van der Waals surface area contributed by atoms with Crippen LogP contribution in [0.25, 0.3) is 0 Å². The summed E-state index contributed by atoms with van der Waals surface area (Å²) in [4.78, 5) is 28.1. The van der Waals surface area contributed by atoms with Gasteiger partial charge in [0.05, 0.1) is 18.8 Å². The van der Waals surface area contributed by atoms with Gasteiger partial charge < -0.3 is 14.3 Å². The predicted octanol–water partition coefficient (Wildman–Crippen LogP) is 2.12. The topological polar surface area (TPSA) is 77.1 Å². The highest BCUT2D eigenvalue weighted by Gasteiger charge is 2.11. The van der Waals surface area contributed by atoms with Gasteiger partial charge in [-0.15, -0.1) is 0 Å². The fourth-order valence-corrected chi connectivity index (χ4v) is 2.30. The van der Waals surface area contributed by atoms with Gasteiger partial charge in [-0.3, -0.25) is 14.6 Å². The summed E-state index contributed by atoms with van der Waals surface area (Å²) in [6, 6.07) is 13.9. The Kier molecular flexibility index (Phi) is 4.56. The monoisotopic (exact) mass is 323 g/mol. The highest BCUT2D eigenvalue weighted by molar-refractivity contribution is 5.91. The lowest BCUT2D eigenvalue weighted by molar-refractivity contribution is 0.0920. The number of aryl methyl sites for hydroxylation is 1. The number of furan rings is 1. The Morgan fingerprint density at radius 2 is 2.04 bits per heavy atom. The Hall–Kier alpha value is -3.15. The van der Waals surface area contributed by atoms with Crippen molar-refractivity contribution in [1.82, 2.24) is 14.9 Å². The standard InChI is InChI=1S/C18H17N3O3/c1-13-5-4-6-14(20-13)11-19-18(23)16-9-8-15(24-16)12-21-10-3-2-7-17(21)22/h2-10H,11-12H2,1H3,(H,19,23). The Labute approximate surface area is 138 Å². The molecule has 0 aromatic carbocycles. The Balaban J connectivity index is 1.63. The molecule has 0 unspecified atom stereocenters. The van der Waals surface area contributed by atoms with E-state index in [9.17, 15) is 9.59 Å². The second-order valence-electron chi connectivity index (χ2n) is 5.39. The third kappa shape index (κ3) is 3.78. The number of aromatic nitrogens is 2. The van der Waals surface area contributed by atoms with E-state index in [1.807, 2.05) is 25.1 Å². The van der Waals surface area contributed by atoms with Crippen molar-refractivity contribution in [3.8, 4) is 0 Å². The minimum absolute atomic E-state index is 0.120. The number of carbonyl (C=O) groups is 1. The van der Waals surface area contributed by atoms with Gasteiger partial charge in [-0.25, -0.2) is 0 Å². The predicted molar refractivity (Wildman–Crippen MR) is 88.7 cm³/mol. The fourth-order valence-electron chi connectivity index (χ4n) is 2.30. The Morgan fingerprint density at radius 3 is 2.83 bits per heavy atom. The van der Waals surface area contributed by atoms with Crippen LogP contribution < -0.4 is 10.9 Å². The summed E-state index contributed by atoms with van der Waals surface area (Å²) >= 11 is 0. The average molecular weight is 323 g/mol. The number of carbonyl (C=O) groups excluding carboxylic acids is 1. The molecule has 6 heteroatoms. The molecule has 3 rings (SSSR count). The molecule has 3 aromatic rings. The molecule has 3 heterocycles. The molecule has 1 N–H and O–H groups in total. The van der Waals surface area contributed by atoms with E-state index in [4.69, 9.17) is 4.42 Å². The molecule has 1 amide bonds. The lowest BCUT2D eigenvalue weighted by atomic mass is 10.3. The fraction of sp³-hybridized carbons (Fsp3) is 0.167. The summed E-state index contributed by atoms with van der Waals surface area (Å²) in [5.74, 6) is 0.439. The first kappa shape index (κ1) is 15.7. The number of amides is 1. The van der Waals surface area contributed by atoms with Gasteiger partial charge in [0.25, 0.3) is 11.5 Å². The van der Waals surface area contributed by atoms with Crippen LogP contribution in [0.15, 0.2) is 63.9 Å². The zero-order valence-corrected chi connectivity index (χ0v) is 13.2. The lowest BCUT2D eigenvalue weighted by Crippen LogP contribution is -2.23. The molecule has 122 valence electrons. The van der Waals surface area contributed by atoms with Gasteiger partial charge >= 0.3 is 0 Å². The largest absolute Gasteiger partial charge is 0.454 e. The number of hydrogen-bond acceptors (Lipinski definition) is 4. The first-order chi connectivity index (χ1) is 11.6. The summed E-state index contributed by atoms with van der Waals surface area (Å²) < 4.78 is 7.04. The zero-order chi connectivity index (χ0) is 16.9. The van der Waals surface area contributed by atoms with Crippen LogP contribution in [-0.4, -0.2) is 15.5 Å². The van der Waals surface area contributed by atoms with Gasteiger partial charge in [-0.2, -0.15) is 0 Å². The first-order valence-electron chi connectivity index (χ1n) is 7.57. The molecule has 6 nitrogen and oxygen atoms in total. The lowest BCUT2D eigenvalue weighted by Gasteiger charge is -2.04. The van der Waals surface area contributed by atoms with Crippen molar-refractivity contribution < 1.29 is 9.21 Å². The highest BCUT2D eigenvalue weighted by atomic mass is 16.4. The number of nitrogens with zero attached hydrogens (tertiary/aromatic N) is 2. The van der Waals surface area contributed by atoms with E-state index in [1.165, 1.54) is 10.6 Å². The number of pyridine rings is 2. The normalized spacial score (nSPS) is 10.5. The molecule has 3 aromatic heterocycles. The molecule has 0 fully saturated rings. The van der Waals surface area contributed by atoms with E-state index in [0.29, 0.717) is 12.3 Å². The van der Waals surface area contributed by atoms with E-state index in [2.05, 4.69) is 10.3 Å². The summed E-state index contributed by atoms with van der Waals surface area (Å²) in [5.41, 5.74) is 1.56. The van der Waals surface area contributed by atoms with Crippen LogP contribution in [-0.2, 0) is 13.1 Å². The van der Waals surface area contributed by atoms with Gasteiger partial charge in [0.15, 0.2) is 5.76 Å². The molecule has 0 atom stereocenters. The summed E-state index contributed by atoms with van der Waals surface area (Å²) in [5, 5.41) is 2.77. The molecule has 0 aliphatic rings. The maximum absolute atomic E-state index is 12.1. The molecule has 0 spiro atoms. The minimum atomic E-state index is -0.315. The van der Waals surface area contributed by atoms with E-state index in [0.717, 1.165) is 11.4 Å². The van der Waals surface area contributed by atoms with Crippen molar-refractivity contribution in [3.05, 3.63) is 88.0 Å². The van der Waals surface area contributed by atoms with Crippen molar-refractivity contribution in [3.63, 3.8) is 0 Å². The number of nitrogens with one attached hydrogen (secondary N) is 1. The van der Waals surface area contributed by atoms with Crippen LogP contribution in [0.2, 0.25) is 0 Å². The van der Waals surface area contributed by atoms with Crippen LogP contribution in [0.5, 0.6) is 0 Å². The van der Waals surface area contributed by atoms with Crippen LogP contribution in [0, 0.1) is 6.92 Å². The minimum Gasteiger partial charge on any atom is -0.454 e. The molecule has 24 heavy (non-hydrogen) atoms. The molecule has 0 aliphatic heterocycles. The van der Waals surface area contributed by atoms with Crippen LogP contribution in [0.4, 0.5) is 0 Å². The molecule has 0 saturated heterocycles. The van der Waals surface area contributed by atoms with Gasteiger partial charge in [0.2, 0.25) is 0 Å². The van der Waals surface area contributed by atoms with Crippen molar-refractivity contribution in [2.45, 2.75) is 20.0 Å². The molecule has 0 radical (unpaired) electrons. The van der Waals surface area contributed by atoms with Gasteiger partial charge in [-0.1, -0.05) is 12.1 Å².